The van der Waals surface area contributed by atoms with Gasteiger partial charge in [-0.05, 0) is 0 Å². The van der Waals surface area contributed by atoms with Gasteiger partial charge in [-0.25, -0.2) is 0 Å². The van der Waals surface area contributed by atoms with Crippen molar-refractivity contribution in [1.82, 2.24) is 14.9 Å². The van der Waals surface area contributed by atoms with Crippen LogP contribution in [0.3, 0.4) is 0 Å². The lowest BCUT2D eigenvalue weighted by Crippen LogP contribution is -2.13. The van der Waals surface area contributed by atoms with Gasteiger partial charge in [0.2, 0.25) is 0 Å². The van der Waals surface area contributed by atoms with Gasteiger partial charge >= 0.3 is 5.97 Å². The summed E-state index contributed by atoms with van der Waals surface area (Å²) in [6.07, 6.45) is 5.92. The van der Waals surface area contributed by atoms with E-state index >= 15 is 0 Å². The fourth-order valence-corrected chi connectivity index (χ4v) is 1.11. The Morgan fingerprint density at radius 1 is 1.56 bits per heavy atom. The number of esters is 1. The minimum atomic E-state index is -0.399. The predicted octanol–water partition coefficient (Wildman–Crippen LogP) is 0.197. The lowest BCUT2D eigenvalue weighted by Gasteiger charge is -2.02. The lowest BCUT2D eigenvalue weighted by molar-refractivity contribution is -0.145. The third kappa shape index (κ3) is 2.59. The number of nitrogens with two attached hydrogens (primary N) is 1. The van der Waals surface area contributed by atoms with Crippen molar-refractivity contribution in [1.29, 1.82) is 0 Å². The smallest absolute Gasteiger partial charge is 0.328 e. The summed E-state index contributed by atoms with van der Waals surface area (Å²) in [5, 5.41) is 7.35. The molecule has 2 N–H and O–H groups in total. The molecule has 2 heterocycles. The van der Waals surface area contributed by atoms with Crippen LogP contribution in [0.2, 0.25) is 0 Å². The van der Waals surface area contributed by atoms with Crippen LogP contribution in [0.15, 0.2) is 29.4 Å². The van der Waals surface area contributed by atoms with E-state index in [-0.39, 0.29) is 13.2 Å². The number of nitrogen functional groups attached to an aromatic ring is 1. The molecule has 0 atom stereocenters. The standard InChI is InChI=1S/C9H10N4O3/c10-8-2-11-13(3-8)4-9(14)15-5-7-1-12-16-6-7/h1-3,6H,4-5,10H2. The van der Waals surface area contributed by atoms with Crippen molar-refractivity contribution < 1.29 is 14.1 Å². The van der Waals surface area contributed by atoms with Crippen LogP contribution in [0.4, 0.5) is 5.69 Å². The van der Waals surface area contributed by atoms with Crippen molar-refractivity contribution >= 4 is 11.7 Å². The van der Waals surface area contributed by atoms with Crippen molar-refractivity contribution in [3.63, 3.8) is 0 Å². The number of nitrogens with zero attached hydrogens (tertiary/aromatic N) is 3. The normalized spacial score (nSPS) is 10.2. The molecule has 0 fully saturated rings. The molecule has 0 aliphatic carbocycles. The molecule has 0 bridgehead atoms. The Labute approximate surface area is 90.8 Å². The molecule has 0 aliphatic heterocycles. The second kappa shape index (κ2) is 4.47. The van der Waals surface area contributed by atoms with Crippen LogP contribution in [0.5, 0.6) is 0 Å². The number of aromatic nitrogens is 3. The fourth-order valence-electron chi connectivity index (χ4n) is 1.11. The molecular formula is C9H10N4O3. The highest BCUT2D eigenvalue weighted by Crippen LogP contribution is 2.01. The first-order valence-electron chi connectivity index (χ1n) is 4.56. The van der Waals surface area contributed by atoms with Gasteiger partial charge in [-0.1, -0.05) is 5.16 Å². The summed E-state index contributed by atoms with van der Waals surface area (Å²) in [5.74, 6) is -0.399. The lowest BCUT2D eigenvalue weighted by atomic mass is 10.4. The Hall–Kier alpha value is -2.31. The molecule has 2 aromatic rings. The number of hydrogen-bond donors (Lipinski definition) is 1. The van der Waals surface area contributed by atoms with E-state index in [1.54, 1.807) is 6.20 Å². The van der Waals surface area contributed by atoms with E-state index in [2.05, 4.69) is 14.8 Å². The van der Waals surface area contributed by atoms with Gasteiger partial charge in [-0.3, -0.25) is 9.48 Å². The maximum absolute atomic E-state index is 11.3. The average Bonchev–Trinajstić information content (AvgIpc) is 2.87. The second-order valence-electron chi connectivity index (χ2n) is 3.16. The topological polar surface area (TPSA) is 96.2 Å². The minimum Gasteiger partial charge on any atom is -0.459 e. The van der Waals surface area contributed by atoms with E-state index in [1.807, 2.05) is 0 Å². The van der Waals surface area contributed by atoms with Crippen molar-refractivity contribution in [3.05, 3.63) is 30.4 Å². The Morgan fingerprint density at radius 2 is 2.44 bits per heavy atom. The molecule has 0 saturated heterocycles. The third-order valence-corrected chi connectivity index (χ3v) is 1.83. The molecular weight excluding hydrogens is 212 g/mol. The maximum Gasteiger partial charge on any atom is 0.328 e. The quantitative estimate of drug-likeness (QED) is 0.742. The number of ether oxygens (including phenoxy) is 1. The molecule has 0 saturated carbocycles. The summed E-state index contributed by atoms with van der Waals surface area (Å²) in [5.41, 5.74) is 6.66. The Balaban J connectivity index is 1.81. The van der Waals surface area contributed by atoms with Gasteiger partial charge in [0.25, 0.3) is 0 Å². The molecule has 0 radical (unpaired) electrons. The van der Waals surface area contributed by atoms with Crippen LogP contribution in [0.1, 0.15) is 5.56 Å². The highest BCUT2D eigenvalue weighted by atomic mass is 16.5. The van der Waals surface area contributed by atoms with Crippen LogP contribution >= 0.6 is 0 Å². The Bertz CT molecular complexity index is 463. The first kappa shape index (κ1) is 10.2. The first-order valence-corrected chi connectivity index (χ1v) is 4.56. The average molecular weight is 222 g/mol. The van der Waals surface area contributed by atoms with E-state index < -0.39 is 5.97 Å². The highest BCUT2D eigenvalue weighted by molar-refractivity contribution is 5.69. The van der Waals surface area contributed by atoms with Gasteiger partial charge in [-0.15, -0.1) is 0 Å². The zero-order valence-electron chi connectivity index (χ0n) is 8.37. The van der Waals surface area contributed by atoms with Gasteiger partial charge in [0, 0.05) is 11.8 Å². The maximum atomic E-state index is 11.3. The van der Waals surface area contributed by atoms with Crippen molar-refractivity contribution in [2.45, 2.75) is 13.2 Å². The molecule has 2 rings (SSSR count). The van der Waals surface area contributed by atoms with E-state index in [9.17, 15) is 4.79 Å². The van der Waals surface area contributed by atoms with E-state index in [0.717, 1.165) is 0 Å². The molecule has 7 heteroatoms. The molecule has 16 heavy (non-hydrogen) atoms. The Morgan fingerprint density at radius 3 is 3.06 bits per heavy atom. The molecule has 2 aromatic heterocycles. The van der Waals surface area contributed by atoms with Crippen LogP contribution in [0, 0.1) is 0 Å². The monoisotopic (exact) mass is 222 g/mol. The van der Waals surface area contributed by atoms with Crippen LogP contribution in [0.25, 0.3) is 0 Å². The highest BCUT2D eigenvalue weighted by Gasteiger charge is 2.06. The summed E-state index contributed by atoms with van der Waals surface area (Å²) in [6, 6.07) is 0. The molecule has 0 amide bonds. The second-order valence-corrected chi connectivity index (χ2v) is 3.16. The molecule has 0 aliphatic rings. The SMILES string of the molecule is Nc1cnn(CC(=O)OCc2cnoc2)c1. The molecule has 84 valence electrons. The van der Waals surface area contributed by atoms with Crippen molar-refractivity contribution in [2.24, 2.45) is 0 Å². The van der Waals surface area contributed by atoms with E-state index in [0.29, 0.717) is 11.3 Å². The molecule has 0 aromatic carbocycles. The van der Waals surface area contributed by atoms with E-state index in [4.69, 9.17) is 10.5 Å². The number of hydrogen-bond acceptors (Lipinski definition) is 6. The Kier molecular flexibility index (Phi) is 2.86. The summed E-state index contributed by atoms with van der Waals surface area (Å²) in [7, 11) is 0. The van der Waals surface area contributed by atoms with Gasteiger partial charge in [0.05, 0.1) is 18.1 Å². The number of rotatable bonds is 4. The number of carbonyl (C=O) groups is 1. The number of anilines is 1. The summed E-state index contributed by atoms with van der Waals surface area (Å²) in [6.45, 7) is 0.168. The molecule has 7 nitrogen and oxygen atoms in total. The summed E-state index contributed by atoms with van der Waals surface area (Å²) >= 11 is 0. The van der Waals surface area contributed by atoms with Crippen molar-refractivity contribution in [2.75, 3.05) is 5.73 Å². The molecule has 0 unspecified atom stereocenters. The van der Waals surface area contributed by atoms with Crippen LogP contribution < -0.4 is 5.73 Å². The minimum absolute atomic E-state index is 0.0302. The van der Waals surface area contributed by atoms with Crippen molar-refractivity contribution in [3.8, 4) is 0 Å². The van der Waals surface area contributed by atoms with Gasteiger partial charge in [-0.2, -0.15) is 5.10 Å². The van der Waals surface area contributed by atoms with E-state index in [1.165, 1.54) is 23.3 Å². The largest absolute Gasteiger partial charge is 0.459 e. The van der Waals surface area contributed by atoms with Crippen LogP contribution in [-0.2, 0) is 22.7 Å². The van der Waals surface area contributed by atoms with Gasteiger partial charge in [0.1, 0.15) is 19.4 Å². The summed E-state index contributed by atoms with van der Waals surface area (Å²) < 4.78 is 11.0. The zero-order chi connectivity index (χ0) is 11.4. The first-order chi connectivity index (χ1) is 7.74. The zero-order valence-corrected chi connectivity index (χ0v) is 8.37. The molecule has 0 spiro atoms. The summed E-state index contributed by atoms with van der Waals surface area (Å²) in [4.78, 5) is 11.3. The van der Waals surface area contributed by atoms with Crippen LogP contribution in [-0.4, -0.2) is 20.9 Å². The predicted molar refractivity (Wildman–Crippen MR) is 52.9 cm³/mol. The number of carbonyl (C=O) groups excluding carboxylic acids is 1. The fraction of sp³-hybridized carbons (Fsp3) is 0.222. The third-order valence-electron chi connectivity index (χ3n) is 1.83. The van der Waals surface area contributed by atoms with Gasteiger partial charge in [0.15, 0.2) is 0 Å². The van der Waals surface area contributed by atoms with Gasteiger partial charge < -0.3 is 15.0 Å².